The third kappa shape index (κ3) is 1.71. The summed E-state index contributed by atoms with van der Waals surface area (Å²) in [5.41, 5.74) is -2.23. The summed E-state index contributed by atoms with van der Waals surface area (Å²) in [5, 5.41) is 8.85. The summed E-state index contributed by atoms with van der Waals surface area (Å²) >= 11 is 0. The summed E-state index contributed by atoms with van der Waals surface area (Å²) in [6.45, 7) is 0. The lowest BCUT2D eigenvalue weighted by Crippen LogP contribution is -2.08. The van der Waals surface area contributed by atoms with Gasteiger partial charge in [-0.1, -0.05) is 0 Å². The molecule has 0 aliphatic heterocycles. The molecule has 0 radical (unpaired) electrons. The largest absolute Gasteiger partial charge is 0.503 e. The number of alkyl halides is 2. The number of nitrogens with one attached hydrogen (secondary N) is 1. The van der Waals surface area contributed by atoms with Crippen LogP contribution >= 0.6 is 0 Å². The predicted molar refractivity (Wildman–Crippen MR) is 39.1 cm³/mol. The molecule has 0 spiro atoms. The molecule has 0 saturated carbocycles. The molecule has 0 atom stereocenters. The molecule has 0 fully saturated rings. The van der Waals surface area contributed by atoms with E-state index in [2.05, 4.69) is 0 Å². The monoisotopic (exact) mass is 189 g/mol. The number of rotatable bonds is 2. The molecule has 0 saturated heterocycles. The van der Waals surface area contributed by atoms with Gasteiger partial charge in [-0.05, 0) is 0 Å². The van der Waals surface area contributed by atoms with Gasteiger partial charge in [-0.3, -0.25) is 9.59 Å². The van der Waals surface area contributed by atoms with Crippen molar-refractivity contribution < 1.29 is 18.7 Å². The Hall–Kier alpha value is -1.72. The van der Waals surface area contributed by atoms with Crippen molar-refractivity contribution in [1.29, 1.82) is 0 Å². The Kier molecular flexibility index (Phi) is 2.41. The fourth-order valence-corrected chi connectivity index (χ4v) is 0.814. The van der Waals surface area contributed by atoms with E-state index in [9.17, 15) is 18.4 Å². The van der Waals surface area contributed by atoms with Gasteiger partial charge in [0, 0.05) is 6.07 Å². The van der Waals surface area contributed by atoms with Crippen LogP contribution in [0, 0.1) is 0 Å². The summed E-state index contributed by atoms with van der Waals surface area (Å²) in [6.07, 6.45) is -2.81. The average molecular weight is 189 g/mol. The van der Waals surface area contributed by atoms with Crippen molar-refractivity contribution in [2.75, 3.05) is 0 Å². The van der Waals surface area contributed by atoms with Gasteiger partial charge >= 0.3 is 0 Å². The standard InChI is InChI=1S/C7H5F2NO3/c8-7(9)5-6(13)4(12)1-3(2-11)10-5/h1-2,7,13H,(H,10,12). The van der Waals surface area contributed by atoms with Crippen molar-refractivity contribution in [3.8, 4) is 5.75 Å². The van der Waals surface area contributed by atoms with Gasteiger partial charge in [0.1, 0.15) is 5.69 Å². The first-order valence-corrected chi connectivity index (χ1v) is 3.25. The van der Waals surface area contributed by atoms with Crippen LogP contribution < -0.4 is 5.43 Å². The maximum atomic E-state index is 12.1. The lowest BCUT2D eigenvalue weighted by Gasteiger charge is -2.02. The molecule has 6 heteroatoms. The van der Waals surface area contributed by atoms with E-state index < -0.39 is 23.3 Å². The first kappa shape index (κ1) is 9.37. The maximum Gasteiger partial charge on any atom is 0.282 e. The quantitative estimate of drug-likeness (QED) is 0.677. The number of carbonyl (C=O) groups excluding carboxylic acids is 1. The minimum absolute atomic E-state index is 0.215. The Morgan fingerprint density at radius 3 is 2.62 bits per heavy atom. The lowest BCUT2D eigenvalue weighted by atomic mass is 10.3. The van der Waals surface area contributed by atoms with Crippen molar-refractivity contribution in [3.63, 3.8) is 0 Å². The minimum Gasteiger partial charge on any atom is -0.503 e. The predicted octanol–water partition coefficient (Wildman–Crippen LogP) is 0.831. The molecule has 70 valence electrons. The molecular formula is C7H5F2NO3. The molecule has 13 heavy (non-hydrogen) atoms. The van der Waals surface area contributed by atoms with Gasteiger partial charge in [0.05, 0.1) is 5.69 Å². The molecule has 0 bridgehead atoms. The maximum absolute atomic E-state index is 12.1. The van der Waals surface area contributed by atoms with Gasteiger partial charge < -0.3 is 10.1 Å². The fourth-order valence-electron chi connectivity index (χ4n) is 0.814. The summed E-state index contributed by atoms with van der Waals surface area (Å²) in [5.74, 6) is -1.06. The lowest BCUT2D eigenvalue weighted by molar-refractivity contribution is 0.111. The molecule has 1 aromatic rings. The normalized spacial score (nSPS) is 10.4. The zero-order valence-corrected chi connectivity index (χ0v) is 6.25. The second-order valence-corrected chi connectivity index (χ2v) is 2.27. The van der Waals surface area contributed by atoms with Gasteiger partial charge in [-0.15, -0.1) is 0 Å². The molecule has 0 aliphatic carbocycles. The van der Waals surface area contributed by atoms with Gasteiger partial charge in [0.15, 0.2) is 12.0 Å². The Bertz CT molecular complexity index is 386. The summed E-state index contributed by atoms with van der Waals surface area (Å²) in [6, 6.07) is 0.744. The molecule has 1 rings (SSSR count). The Labute approximate surface area is 70.8 Å². The molecular weight excluding hydrogens is 184 g/mol. The van der Waals surface area contributed by atoms with Crippen molar-refractivity contribution >= 4 is 6.29 Å². The van der Waals surface area contributed by atoms with Gasteiger partial charge in [0.25, 0.3) is 6.43 Å². The van der Waals surface area contributed by atoms with Crippen LogP contribution in [0.3, 0.4) is 0 Å². The van der Waals surface area contributed by atoms with E-state index in [1.807, 2.05) is 4.98 Å². The third-order valence-corrected chi connectivity index (χ3v) is 1.40. The topological polar surface area (TPSA) is 70.2 Å². The Balaban J connectivity index is 3.41. The van der Waals surface area contributed by atoms with E-state index in [1.165, 1.54) is 0 Å². The van der Waals surface area contributed by atoms with Crippen molar-refractivity contribution in [1.82, 2.24) is 4.98 Å². The highest BCUT2D eigenvalue weighted by atomic mass is 19.3. The second kappa shape index (κ2) is 3.34. The number of pyridine rings is 1. The van der Waals surface area contributed by atoms with E-state index in [1.54, 1.807) is 0 Å². The van der Waals surface area contributed by atoms with Gasteiger partial charge in [-0.2, -0.15) is 0 Å². The first-order valence-electron chi connectivity index (χ1n) is 3.25. The SMILES string of the molecule is O=Cc1cc(=O)c(O)c(C(F)F)[nH]1. The molecule has 1 heterocycles. The fraction of sp³-hybridized carbons (Fsp3) is 0.143. The third-order valence-electron chi connectivity index (χ3n) is 1.40. The summed E-state index contributed by atoms with van der Waals surface area (Å²) in [7, 11) is 0. The van der Waals surface area contributed by atoms with Gasteiger partial charge in [0.2, 0.25) is 5.43 Å². The van der Waals surface area contributed by atoms with E-state index in [-0.39, 0.29) is 12.0 Å². The molecule has 1 aromatic heterocycles. The highest BCUT2D eigenvalue weighted by Gasteiger charge is 2.16. The summed E-state index contributed by atoms with van der Waals surface area (Å²) in [4.78, 5) is 22.8. The molecule has 0 aliphatic rings. The van der Waals surface area contributed by atoms with E-state index in [0.717, 1.165) is 6.07 Å². The van der Waals surface area contributed by atoms with Crippen molar-refractivity contribution in [3.05, 3.63) is 27.7 Å². The minimum atomic E-state index is -3.02. The number of aromatic hydroxyl groups is 1. The number of hydrogen-bond acceptors (Lipinski definition) is 3. The second-order valence-electron chi connectivity index (χ2n) is 2.27. The van der Waals surface area contributed by atoms with Crippen molar-refractivity contribution in [2.24, 2.45) is 0 Å². The number of aromatic nitrogens is 1. The number of carbonyl (C=O) groups is 1. The van der Waals surface area contributed by atoms with Crippen LogP contribution in [0.4, 0.5) is 8.78 Å². The van der Waals surface area contributed by atoms with Crippen LogP contribution in [0.15, 0.2) is 10.9 Å². The molecule has 2 N–H and O–H groups in total. The highest BCUT2D eigenvalue weighted by molar-refractivity contribution is 5.72. The van der Waals surface area contributed by atoms with E-state index >= 15 is 0 Å². The van der Waals surface area contributed by atoms with Crippen LogP contribution in [-0.2, 0) is 0 Å². The molecule has 0 unspecified atom stereocenters. The van der Waals surface area contributed by atoms with Crippen LogP contribution in [0.25, 0.3) is 0 Å². The number of hydrogen-bond donors (Lipinski definition) is 2. The highest BCUT2D eigenvalue weighted by Crippen LogP contribution is 2.22. The number of aromatic amines is 1. The Morgan fingerprint density at radius 2 is 2.15 bits per heavy atom. The van der Waals surface area contributed by atoms with Crippen LogP contribution in [0.1, 0.15) is 22.6 Å². The number of halogens is 2. The number of H-pyrrole nitrogens is 1. The van der Waals surface area contributed by atoms with Crippen LogP contribution in [-0.4, -0.2) is 16.4 Å². The molecule has 0 aromatic carbocycles. The van der Waals surface area contributed by atoms with Gasteiger partial charge in [-0.25, -0.2) is 8.78 Å². The van der Waals surface area contributed by atoms with Crippen molar-refractivity contribution in [2.45, 2.75) is 6.43 Å². The van der Waals surface area contributed by atoms with E-state index in [0.29, 0.717) is 0 Å². The molecule has 0 amide bonds. The van der Waals surface area contributed by atoms with E-state index in [4.69, 9.17) is 5.11 Å². The zero-order chi connectivity index (χ0) is 10.0. The average Bonchev–Trinajstić information content (AvgIpc) is 2.09. The number of aldehydes is 1. The van der Waals surface area contributed by atoms with Crippen LogP contribution in [0.5, 0.6) is 5.75 Å². The first-order chi connectivity index (χ1) is 6.06. The Morgan fingerprint density at radius 1 is 1.54 bits per heavy atom. The zero-order valence-electron chi connectivity index (χ0n) is 6.25. The van der Waals surface area contributed by atoms with Crippen LogP contribution in [0.2, 0.25) is 0 Å². The summed E-state index contributed by atoms with van der Waals surface area (Å²) < 4.78 is 24.2. The molecule has 4 nitrogen and oxygen atoms in total. The smallest absolute Gasteiger partial charge is 0.282 e.